The lowest BCUT2D eigenvalue weighted by Crippen LogP contribution is -2.05. The van der Waals surface area contributed by atoms with Crippen molar-refractivity contribution in [2.45, 2.75) is 20.3 Å². The van der Waals surface area contributed by atoms with Crippen molar-refractivity contribution in [1.29, 1.82) is 0 Å². The summed E-state index contributed by atoms with van der Waals surface area (Å²) in [6.45, 7) is 4.80. The highest BCUT2D eigenvalue weighted by Crippen LogP contribution is 2.32. The largest absolute Gasteiger partial charge is 0.494 e. The Morgan fingerprint density at radius 3 is 2.89 bits per heavy atom. The van der Waals surface area contributed by atoms with Crippen LogP contribution >= 0.6 is 0 Å². The quantitative estimate of drug-likeness (QED) is 0.753. The molecule has 0 saturated carbocycles. The third-order valence-corrected chi connectivity index (χ3v) is 3.18. The molecule has 0 bridgehead atoms. The summed E-state index contributed by atoms with van der Waals surface area (Å²) in [5.74, 6) is 1.26. The molecule has 0 radical (unpaired) electrons. The summed E-state index contributed by atoms with van der Waals surface area (Å²) in [6, 6.07) is 8.12. The molecule has 0 N–H and O–H groups in total. The lowest BCUT2D eigenvalue weighted by molar-refractivity contribution is -0.105. The van der Waals surface area contributed by atoms with Crippen LogP contribution in [0.5, 0.6) is 5.75 Å². The Kier molecular flexibility index (Phi) is 3.98. The number of allylic oxidation sites excluding steroid dienone is 4. The van der Waals surface area contributed by atoms with Crippen molar-refractivity contribution >= 4 is 11.9 Å². The Bertz CT molecular complexity index is 498. The van der Waals surface area contributed by atoms with Crippen LogP contribution in [0.3, 0.4) is 0 Å². The van der Waals surface area contributed by atoms with Gasteiger partial charge in [-0.2, -0.15) is 0 Å². The third-order valence-electron chi connectivity index (χ3n) is 3.18. The first kappa shape index (κ1) is 12.6. The highest BCUT2D eigenvalue weighted by Gasteiger charge is 2.16. The number of carbonyl (C=O) groups excluding carboxylic acids is 1. The first-order valence-electron chi connectivity index (χ1n) is 6.33. The van der Waals surface area contributed by atoms with Crippen molar-refractivity contribution in [2.75, 3.05) is 6.61 Å². The predicted molar refractivity (Wildman–Crippen MR) is 73.5 cm³/mol. The Morgan fingerprint density at radius 2 is 2.22 bits per heavy atom. The predicted octanol–water partition coefficient (Wildman–Crippen LogP) is 3.63. The molecule has 1 aliphatic carbocycles. The number of hydrogen-bond acceptors (Lipinski definition) is 2. The molecular formula is C16H18O2. The van der Waals surface area contributed by atoms with E-state index < -0.39 is 0 Å². The third kappa shape index (κ3) is 2.70. The Balaban J connectivity index is 2.31. The van der Waals surface area contributed by atoms with E-state index in [4.69, 9.17) is 4.74 Å². The smallest absolute Gasteiger partial charge is 0.146 e. The van der Waals surface area contributed by atoms with E-state index in [9.17, 15) is 4.79 Å². The summed E-state index contributed by atoms with van der Waals surface area (Å²) in [6.07, 6.45) is 5.72. The molecule has 0 saturated heterocycles. The standard InChI is InChI=1S/C16H18O2/c1-3-18-15-6-4-5-14(10-15)16-8-7-13(11-17)9-12(16)2/h4-8,10-12H,3,9H2,1-2H3. The summed E-state index contributed by atoms with van der Waals surface area (Å²) in [5, 5.41) is 0. The molecule has 1 aliphatic rings. The van der Waals surface area contributed by atoms with Crippen LogP contribution in [0.25, 0.3) is 5.57 Å². The van der Waals surface area contributed by atoms with Crippen molar-refractivity contribution in [2.24, 2.45) is 5.92 Å². The minimum absolute atomic E-state index is 0.368. The van der Waals surface area contributed by atoms with E-state index in [0.29, 0.717) is 12.5 Å². The Hall–Kier alpha value is -1.83. The van der Waals surface area contributed by atoms with Gasteiger partial charge in [0, 0.05) is 0 Å². The van der Waals surface area contributed by atoms with Gasteiger partial charge >= 0.3 is 0 Å². The average Bonchev–Trinajstić information content (AvgIpc) is 2.39. The molecule has 1 unspecified atom stereocenters. The Labute approximate surface area is 108 Å². The van der Waals surface area contributed by atoms with Crippen LogP contribution in [-0.2, 0) is 4.79 Å². The van der Waals surface area contributed by atoms with Crippen molar-refractivity contribution in [1.82, 2.24) is 0 Å². The molecule has 2 heteroatoms. The Morgan fingerprint density at radius 1 is 1.39 bits per heavy atom. The normalized spacial score (nSPS) is 18.9. The van der Waals surface area contributed by atoms with Crippen molar-refractivity contribution in [3.63, 3.8) is 0 Å². The van der Waals surface area contributed by atoms with Gasteiger partial charge < -0.3 is 4.74 Å². The number of benzene rings is 1. The summed E-state index contributed by atoms with van der Waals surface area (Å²) in [5.41, 5.74) is 3.31. The van der Waals surface area contributed by atoms with Crippen LogP contribution < -0.4 is 4.74 Å². The molecule has 2 nitrogen and oxygen atoms in total. The van der Waals surface area contributed by atoms with E-state index in [0.717, 1.165) is 24.0 Å². The molecule has 2 rings (SSSR count). The molecule has 0 aromatic heterocycles. The number of ether oxygens (including phenoxy) is 1. The van der Waals surface area contributed by atoms with Gasteiger partial charge in [0.05, 0.1) is 6.61 Å². The van der Waals surface area contributed by atoms with Gasteiger partial charge in [-0.25, -0.2) is 0 Å². The van der Waals surface area contributed by atoms with Gasteiger partial charge in [-0.1, -0.05) is 31.2 Å². The van der Waals surface area contributed by atoms with Gasteiger partial charge in [0.2, 0.25) is 0 Å². The zero-order valence-electron chi connectivity index (χ0n) is 10.8. The van der Waals surface area contributed by atoms with Crippen LogP contribution in [0.4, 0.5) is 0 Å². The van der Waals surface area contributed by atoms with Gasteiger partial charge in [0.1, 0.15) is 12.0 Å². The molecule has 0 spiro atoms. The fourth-order valence-electron chi connectivity index (χ4n) is 2.29. The van der Waals surface area contributed by atoms with E-state index in [-0.39, 0.29) is 0 Å². The highest BCUT2D eigenvalue weighted by molar-refractivity contribution is 5.80. The maximum Gasteiger partial charge on any atom is 0.146 e. The summed E-state index contributed by atoms with van der Waals surface area (Å²) < 4.78 is 5.52. The first-order chi connectivity index (χ1) is 8.74. The first-order valence-corrected chi connectivity index (χ1v) is 6.33. The molecule has 1 atom stereocenters. The molecule has 1 aromatic carbocycles. The average molecular weight is 242 g/mol. The van der Waals surface area contributed by atoms with Gasteiger partial charge in [-0.05, 0) is 48.1 Å². The van der Waals surface area contributed by atoms with Crippen molar-refractivity contribution in [3.8, 4) is 5.75 Å². The van der Waals surface area contributed by atoms with Crippen LogP contribution in [0.15, 0.2) is 42.0 Å². The molecule has 94 valence electrons. The van der Waals surface area contributed by atoms with Crippen LogP contribution in [-0.4, -0.2) is 12.9 Å². The SMILES string of the molecule is CCOc1cccc(C2=CC=C(C=O)CC2C)c1. The monoisotopic (exact) mass is 242 g/mol. The van der Waals surface area contributed by atoms with Crippen LogP contribution in [0, 0.1) is 5.92 Å². The summed E-state index contributed by atoms with van der Waals surface area (Å²) >= 11 is 0. The lowest BCUT2D eigenvalue weighted by atomic mass is 9.85. The van der Waals surface area contributed by atoms with Gasteiger partial charge in [0.25, 0.3) is 0 Å². The topological polar surface area (TPSA) is 26.3 Å². The fraction of sp³-hybridized carbons (Fsp3) is 0.312. The second kappa shape index (κ2) is 5.67. The molecule has 0 aliphatic heterocycles. The lowest BCUT2D eigenvalue weighted by Gasteiger charge is -2.20. The van der Waals surface area contributed by atoms with Gasteiger partial charge in [-0.15, -0.1) is 0 Å². The van der Waals surface area contributed by atoms with E-state index in [1.54, 1.807) is 0 Å². The van der Waals surface area contributed by atoms with Crippen molar-refractivity contribution < 1.29 is 9.53 Å². The molecular weight excluding hydrogens is 224 g/mol. The molecule has 0 fully saturated rings. The number of aldehydes is 1. The van der Waals surface area contributed by atoms with E-state index >= 15 is 0 Å². The number of carbonyl (C=O) groups is 1. The number of hydrogen-bond donors (Lipinski definition) is 0. The molecule has 18 heavy (non-hydrogen) atoms. The minimum Gasteiger partial charge on any atom is -0.494 e. The number of rotatable bonds is 4. The van der Waals surface area contributed by atoms with Crippen LogP contribution in [0.2, 0.25) is 0 Å². The zero-order valence-corrected chi connectivity index (χ0v) is 10.8. The van der Waals surface area contributed by atoms with Gasteiger partial charge in [-0.3, -0.25) is 4.79 Å². The van der Waals surface area contributed by atoms with Crippen molar-refractivity contribution in [3.05, 3.63) is 47.6 Å². The molecule has 0 heterocycles. The maximum absolute atomic E-state index is 10.8. The van der Waals surface area contributed by atoms with E-state index in [1.165, 1.54) is 11.1 Å². The summed E-state index contributed by atoms with van der Waals surface area (Å²) in [4.78, 5) is 10.8. The van der Waals surface area contributed by atoms with Crippen LogP contribution in [0.1, 0.15) is 25.8 Å². The molecule has 1 aromatic rings. The maximum atomic E-state index is 10.8. The second-order valence-electron chi connectivity index (χ2n) is 4.55. The zero-order chi connectivity index (χ0) is 13.0. The summed E-state index contributed by atoms with van der Waals surface area (Å²) in [7, 11) is 0. The van der Waals surface area contributed by atoms with E-state index in [1.807, 2.05) is 31.2 Å². The van der Waals surface area contributed by atoms with E-state index in [2.05, 4.69) is 19.1 Å². The second-order valence-corrected chi connectivity index (χ2v) is 4.55. The molecule has 0 amide bonds. The van der Waals surface area contributed by atoms with Gasteiger partial charge in [0.15, 0.2) is 0 Å². The fourth-order valence-corrected chi connectivity index (χ4v) is 2.29. The highest BCUT2D eigenvalue weighted by atomic mass is 16.5. The minimum atomic E-state index is 0.368.